The zero-order chi connectivity index (χ0) is 17.8. The van der Waals surface area contributed by atoms with E-state index < -0.39 is 0 Å². The van der Waals surface area contributed by atoms with Crippen molar-refractivity contribution in [2.75, 3.05) is 39.9 Å². The third-order valence-corrected chi connectivity index (χ3v) is 3.74. The first kappa shape index (κ1) is 16.8. The number of nitrogens with one attached hydrogen (secondary N) is 1. The molecular formula is C18H19NO6. The molecule has 0 aliphatic carbocycles. The summed E-state index contributed by atoms with van der Waals surface area (Å²) in [6, 6.07) is 8.47. The highest BCUT2D eigenvalue weighted by molar-refractivity contribution is 6.08. The Morgan fingerprint density at radius 3 is 2.16 bits per heavy atom. The molecule has 1 N–H and O–H groups in total. The molecule has 0 fully saturated rings. The summed E-state index contributed by atoms with van der Waals surface area (Å²) in [4.78, 5) is 12.8. The van der Waals surface area contributed by atoms with Crippen LogP contribution in [0.1, 0.15) is 10.4 Å². The second-order valence-corrected chi connectivity index (χ2v) is 5.22. The number of benzene rings is 2. The van der Waals surface area contributed by atoms with Gasteiger partial charge in [-0.15, -0.1) is 0 Å². The van der Waals surface area contributed by atoms with E-state index in [2.05, 4.69) is 5.32 Å². The Bertz CT molecular complexity index is 764. The topological polar surface area (TPSA) is 75.3 Å². The number of ether oxygens (including phenoxy) is 5. The van der Waals surface area contributed by atoms with Crippen LogP contribution >= 0.6 is 0 Å². The van der Waals surface area contributed by atoms with Crippen LogP contribution in [-0.4, -0.2) is 40.5 Å². The molecule has 0 atom stereocenters. The molecule has 2 aromatic rings. The van der Waals surface area contributed by atoms with Crippen molar-refractivity contribution < 1.29 is 28.5 Å². The van der Waals surface area contributed by atoms with Gasteiger partial charge in [0, 0.05) is 23.9 Å². The Hall–Kier alpha value is -3.09. The first-order valence-electron chi connectivity index (χ1n) is 7.67. The first-order chi connectivity index (χ1) is 12.2. The molecule has 1 aliphatic rings. The quantitative estimate of drug-likeness (QED) is 0.898. The van der Waals surface area contributed by atoms with Gasteiger partial charge in [-0.05, 0) is 12.1 Å². The van der Waals surface area contributed by atoms with E-state index in [4.69, 9.17) is 23.7 Å². The molecule has 1 amide bonds. The molecule has 2 aromatic carbocycles. The van der Waals surface area contributed by atoms with Gasteiger partial charge in [-0.1, -0.05) is 0 Å². The maximum Gasteiger partial charge on any atom is 0.263 e. The minimum Gasteiger partial charge on any atom is -0.496 e. The average molecular weight is 345 g/mol. The Labute approximate surface area is 145 Å². The van der Waals surface area contributed by atoms with Crippen LogP contribution in [0.5, 0.6) is 28.7 Å². The van der Waals surface area contributed by atoms with E-state index in [1.807, 2.05) is 0 Å². The number of amides is 1. The molecule has 25 heavy (non-hydrogen) atoms. The van der Waals surface area contributed by atoms with Crippen molar-refractivity contribution in [2.24, 2.45) is 0 Å². The van der Waals surface area contributed by atoms with Crippen molar-refractivity contribution in [2.45, 2.75) is 0 Å². The maximum atomic E-state index is 12.8. The van der Waals surface area contributed by atoms with E-state index in [1.54, 1.807) is 30.3 Å². The standard InChI is InChI=1S/C18H19NO6/c1-21-12-9-15(22-2)17(16(10-12)23-3)18(20)19-11-4-5-13-14(8-11)25-7-6-24-13/h4-5,8-10H,6-7H2,1-3H3,(H,19,20). The van der Waals surface area contributed by atoms with Crippen molar-refractivity contribution in [3.05, 3.63) is 35.9 Å². The normalized spacial score (nSPS) is 12.3. The number of rotatable bonds is 5. The minimum atomic E-state index is -0.368. The first-order valence-corrected chi connectivity index (χ1v) is 7.67. The highest BCUT2D eigenvalue weighted by atomic mass is 16.6. The molecule has 0 spiro atoms. The van der Waals surface area contributed by atoms with Crippen molar-refractivity contribution in [1.82, 2.24) is 0 Å². The lowest BCUT2D eigenvalue weighted by Crippen LogP contribution is -2.17. The second kappa shape index (κ2) is 7.21. The zero-order valence-corrected chi connectivity index (χ0v) is 14.3. The van der Waals surface area contributed by atoms with E-state index in [0.29, 0.717) is 47.6 Å². The van der Waals surface area contributed by atoms with Gasteiger partial charge in [0.1, 0.15) is 36.0 Å². The van der Waals surface area contributed by atoms with Gasteiger partial charge in [0.05, 0.1) is 21.3 Å². The minimum absolute atomic E-state index is 0.278. The summed E-state index contributed by atoms with van der Waals surface area (Å²) in [5.74, 6) is 2.12. The Kier molecular flexibility index (Phi) is 4.83. The molecular weight excluding hydrogens is 326 g/mol. The van der Waals surface area contributed by atoms with Crippen LogP contribution in [0, 0.1) is 0 Å². The van der Waals surface area contributed by atoms with Gasteiger partial charge in [0.15, 0.2) is 11.5 Å². The van der Waals surface area contributed by atoms with E-state index in [9.17, 15) is 4.79 Å². The summed E-state index contributed by atoms with van der Waals surface area (Å²) in [5.41, 5.74) is 0.856. The number of carbonyl (C=O) groups is 1. The number of carbonyl (C=O) groups excluding carboxylic acids is 1. The number of hydrogen-bond acceptors (Lipinski definition) is 6. The fraction of sp³-hybridized carbons (Fsp3) is 0.278. The number of fused-ring (bicyclic) bond motifs is 1. The molecule has 0 saturated carbocycles. The molecule has 3 rings (SSSR count). The predicted octanol–water partition coefficient (Wildman–Crippen LogP) is 2.74. The van der Waals surface area contributed by atoms with Crippen molar-refractivity contribution in [3.8, 4) is 28.7 Å². The van der Waals surface area contributed by atoms with Gasteiger partial charge in [-0.3, -0.25) is 4.79 Å². The lowest BCUT2D eigenvalue weighted by molar-refractivity contribution is 0.102. The van der Waals surface area contributed by atoms with Gasteiger partial charge >= 0.3 is 0 Å². The highest BCUT2D eigenvalue weighted by Gasteiger charge is 2.21. The summed E-state index contributed by atoms with van der Waals surface area (Å²) in [5, 5.41) is 2.82. The van der Waals surface area contributed by atoms with Crippen LogP contribution in [0.4, 0.5) is 5.69 Å². The third kappa shape index (κ3) is 3.40. The molecule has 0 aromatic heterocycles. The number of methoxy groups -OCH3 is 3. The molecule has 0 bridgehead atoms. The molecule has 0 radical (unpaired) electrons. The van der Waals surface area contributed by atoms with Gasteiger partial charge in [0.2, 0.25) is 0 Å². The summed E-state index contributed by atoms with van der Waals surface area (Å²) in [6.45, 7) is 0.990. The zero-order valence-electron chi connectivity index (χ0n) is 14.3. The van der Waals surface area contributed by atoms with Crippen molar-refractivity contribution >= 4 is 11.6 Å². The maximum absolute atomic E-state index is 12.8. The lowest BCUT2D eigenvalue weighted by atomic mass is 10.1. The van der Waals surface area contributed by atoms with Gasteiger partial charge in [0.25, 0.3) is 5.91 Å². The number of anilines is 1. The highest BCUT2D eigenvalue weighted by Crippen LogP contribution is 2.36. The van der Waals surface area contributed by atoms with Crippen molar-refractivity contribution in [1.29, 1.82) is 0 Å². The summed E-state index contributed by atoms with van der Waals surface area (Å²) in [6.07, 6.45) is 0. The molecule has 0 unspecified atom stereocenters. The van der Waals surface area contributed by atoms with Gasteiger partial charge in [-0.2, -0.15) is 0 Å². The lowest BCUT2D eigenvalue weighted by Gasteiger charge is -2.19. The fourth-order valence-corrected chi connectivity index (χ4v) is 2.54. The largest absolute Gasteiger partial charge is 0.496 e. The molecule has 7 heteroatoms. The Balaban J connectivity index is 1.90. The molecule has 1 aliphatic heterocycles. The fourth-order valence-electron chi connectivity index (χ4n) is 2.54. The van der Waals surface area contributed by atoms with Crippen LogP contribution in [0.2, 0.25) is 0 Å². The molecule has 7 nitrogen and oxygen atoms in total. The van der Waals surface area contributed by atoms with Crippen LogP contribution < -0.4 is 29.0 Å². The van der Waals surface area contributed by atoms with E-state index in [1.165, 1.54) is 21.3 Å². The van der Waals surface area contributed by atoms with Crippen LogP contribution in [0.15, 0.2) is 30.3 Å². The summed E-state index contributed by atoms with van der Waals surface area (Å²) < 4.78 is 26.8. The smallest absolute Gasteiger partial charge is 0.263 e. The summed E-state index contributed by atoms with van der Waals surface area (Å²) in [7, 11) is 4.49. The van der Waals surface area contributed by atoms with Crippen LogP contribution in [0.25, 0.3) is 0 Å². The molecule has 1 heterocycles. The van der Waals surface area contributed by atoms with Crippen LogP contribution in [0.3, 0.4) is 0 Å². The monoisotopic (exact) mass is 345 g/mol. The SMILES string of the molecule is COc1cc(OC)c(C(=O)Nc2ccc3c(c2)OCCO3)c(OC)c1. The molecule has 0 saturated heterocycles. The van der Waals surface area contributed by atoms with Gasteiger partial charge < -0.3 is 29.0 Å². The van der Waals surface area contributed by atoms with E-state index in [0.717, 1.165) is 0 Å². The second-order valence-electron chi connectivity index (χ2n) is 5.22. The molecule has 132 valence electrons. The summed E-state index contributed by atoms with van der Waals surface area (Å²) >= 11 is 0. The van der Waals surface area contributed by atoms with Crippen molar-refractivity contribution in [3.63, 3.8) is 0 Å². The predicted molar refractivity (Wildman–Crippen MR) is 91.5 cm³/mol. The Morgan fingerprint density at radius 2 is 1.56 bits per heavy atom. The average Bonchev–Trinajstić information content (AvgIpc) is 2.66. The van der Waals surface area contributed by atoms with E-state index >= 15 is 0 Å². The van der Waals surface area contributed by atoms with Crippen LogP contribution in [-0.2, 0) is 0 Å². The van der Waals surface area contributed by atoms with E-state index in [-0.39, 0.29) is 11.5 Å². The Morgan fingerprint density at radius 1 is 0.920 bits per heavy atom. The number of hydrogen-bond donors (Lipinski definition) is 1. The van der Waals surface area contributed by atoms with Gasteiger partial charge in [-0.25, -0.2) is 0 Å². The third-order valence-electron chi connectivity index (χ3n) is 3.74.